The van der Waals surface area contributed by atoms with Gasteiger partial charge in [0.05, 0.1) is 28.9 Å². The van der Waals surface area contributed by atoms with Gasteiger partial charge in [-0.25, -0.2) is 4.79 Å². The molecule has 7 nitrogen and oxygen atoms in total. The highest BCUT2D eigenvalue weighted by Crippen LogP contribution is 2.44. The number of aryl methyl sites for hydroxylation is 1. The molecule has 0 radical (unpaired) electrons. The van der Waals surface area contributed by atoms with Gasteiger partial charge in [-0.2, -0.15) is 0 Å². The van der Waals surface area contributed by atoms with E-state index in [1.807, 2.05) is 24.3 Å². The van der Waals surface area contributed by atoms with Crippen LogP contribution in [0.5, 0.6) is 0 Å². The van der Waals surface area contributed by atoms with Crippen LogP contribution in [-0.4, -0.2) is 22.0 Å². The number of carbonyl (C=O) groups is 2. The minimum atomic E-state index is -1.01. The Kier molecular flexibility index (Phi) is 5.31. The zero-order valence-corrected chi connectivity index (χ0v) is 17.7. The van der Waals surface area contributed by atoms with Crippen molar-refractivity contribution in [3.05, 3.63) is 57.6 Å². The van der Waals surface area contributed by atoms with Gasteiger partial charge in [0.1, 0.15) is 5.00 Å². The fraction of sp³-hybridized carbons (Fsp3) is 0.318. The van der Waals surface area contributed by atoms with Crippen molar-refractivity contribution in [1.29, 1.82) is 0 Å². The van der Waals surface area contributed by atoms with E-state index in [9.17, 15) is 14.7 Å². The van der Waals surface area contributed by atoms with Crippen LogP contribution >= 0.6 is 11.3 Å². The van der Waals surface area contributed by atoms with E-state index in [4.69, 9.17) is 5.84 Å². The fourth-order valence-corrected chi connectivity index (χ4v) is 5.19. The van der Waals surface area contributed by atoms with Crippen molar-refractivity contribution in [3.63, 3.8) is 0 Å². The van der Waals surface area contributed by atoms with E-state index in [-0.39, 0.29) is 23.4 Å². The van der Waals surface area contributed by atoms with Gasteiger partial charge in [0, 0.05) is 10.3 Å². The number of amides is 1. The van der Waals surface area contributed by atoms with Gasteiger partial charge < -0.3 is 10.4 Å². The molecule has 3 aromatic rings. The molecule has 30 heavy (non-hydrogen) atoms. The van der Waals surface area contributed by atoms with Gasteiger partial charge in [-0.1, -0.05) is 32.0 Å². The number of benzene rings is 1. The maximum absolute atomic E-state index is 13.2. The quantitative estimate of drug-likeness (QED) is 0.366. The van der Waals surface area contributed by atoms with Crippen LogP contribution in [0.15, 0.2) is 30.3 Å². The van der Waals surface area contributed by atoms with E-state index < -0.39 is 5.97 Å². The monoisotopic (exact) mass is 424 g/mol. The zero-order valence-electron chi connectivity index (χ0n) is 16.9. The number of hydrazine groups is 1. The summed E-state index contributed by atoms with van der Waals surface area (Å²) in [7, 11) is 0. The first-order valence-electron chi connectivity index (χ1n) is 9.80. The Morgan fingerprint density at radius 3 is 2.80 bits per heavy atom. The average Bonchev–Trinajstić information content (AvgIpc) is 3.03. The summed E-state index contributed by atoms with van der Waals surface area (Å²) in [5, 5.41) is 13.9. The van der Waals surface area contributed by atoms with Gasteiger partial charge in [-0.3, -0.25) is 21.0 Å². The molecule has 5 N–H and O–H groups in total. The number of aromatic nitrogens is 1. The lowest BCUT2D eigenvalue weighted by molar-refractivity contribution is 0.0696. The highest BCUT2D eigenvalue weighted by molar-refractivity contribution is 7.17. The van der Waals surface area contributed by atoms with E-state index >= 15 is 0 Å². The third kappa shape index (κ3) is 3.81. The Bertz CT molecular complexity index is 1150. The molecule has 0 atom stereocenters. The molecular weight excluding hydrogens is 400 g/mol. The first-order valence-corrected chi connectivity index (χ1v) is 10.6. The molecule has 2 heterocycles. The zero-order chi connectivity index (χ0) is 21.5. The molecule has 8 heteroatoms. The molecule has 0 saturated carbocycles. The van der Waals surface area contributed by atoms with Gasteiger partial charge in [-0.05, 0) is 42.4 Å². The smallest absolute Gasteiger partial charge is 0.339 e. The van der Waals surface area contributed by atoms with Crippen molar-refractivity contribution in [2.24, 2.45) is 11.3 Å². The Balaban J connectivity index is 1.74. The van der Waals surface area contributed by atoms with Gasteiger partial charge in [0.25, 0.3) is 5.91 Å². The number of para-hydroxylation sites is 1. The normalized spacial score (nSPS) is 15.0. The molecule has 1 aromatic carbocycles. The standard InChI is InChI=1S/C22H24N4O3S/c1-22(2)8-7-17-14(10-22)18(21(28)29)20(30-17)26-19(27)13-9-12-5-3-4-6-15(12)25-16(13)11-24-23/h3-6,9,24H,7-8,10-11,23H2,1-2H3,(H,26,27)(H,28,29). The molecule has 1 amide bonds. The lowest BCUT2D eigenvalue weighted by Gasteiger charge is -2.29. The minimum Gasteiger partial charge on any atom is -0.478 e. The third-order valence-electron chi connectivity index (χ3n) is 5.53. The predicted molar refractivity (Wildman–Crippen MR) is 118 cm³/mol. The topological polar surface area (TPSA) is 117 Å². The summed E-state index contributed by atoms with van der Waals surface area (Å²) >= 11 is 1.36. The number of carboxylic acids is 1. The van der Waals surface area contributed by atoms with Crippen LogP contribution in [0, 0.1) is 5.41 Å². The summed E-state index contributed by atoms with van der Waals surface area (Å²) < 4.78 is 0. The van der Waals surface area contributed by atoms with Crippen LogP contribution in [0.2, 0.25) is 0 Å². The van der Waals surface area contributed by atoms with E-state index in [0.29, 0.717) is 22.7 Å². The first-order chi connectivity index (χ1) is 14.3. The van der Waals surface area contributed by atoms with Gasteiger partial charge in [-0.15, -0.1) is 11.3 Å². The first kappa shape index (κ1) is 20.5. The number of carboxylic acid groups (broad SMARTS) is 1. The number of pyridine rings is 1. The molecule has 2 aromatic heterocycles. The number of nitrogens with two attached hydrogens (primary N) is 1. The Hall–Kier alpha value is -2.81. The van der Waals surface area contributed by atoms with Crippen LogP contribution in [0.4, 0.5) is 5.00 Å². The molecule has 0 fully saturated rings. The SMILES string of the molecule is CC1(C)CCc2sc(NC(=O)c3cc4ccccc4nc3CNN)c(C(=O)O)c2C1. The number of aromatic carboxylic acids is 1. The predicted octanol–water partition coefficient (Wildman–Crippen LogP) is 3.73. The van der Waals surface area contributed by atoms with Crippen molar-refractivity contribution in [2.75, 3.05) is 5.32 Å². The van der Waals surface area contributed by atoms with E-state index in [2.05, 4.69) is 29.6 Å². The maximum atomic E-state index is 13.2. The Morgan fingerprint density at radius 2 is 2.07 bits per heavy atom. The summed E-state index contributed by atoms with van der Waals surface area (Å²) in [5.74, 6) is 4.08. The Morgan fingerprint density at radius 1 is 1.30 bits per heavy atom. The second-order valence-electron chi connectivity index (χ2n) is 8.36. The highest BCUT2D eigenvalue weighted by Gasteiger charge is 2.33. The van der Waals surface area contributed by atoms with Crippen molar-refractivity contribution >= 4 is 39.1 Å². The second kappa shape index (κ2) is 7.79. The number of rotatable bonds is 5. The number of carbonyl (C=O) groups excluding carboxylic acids is 1. The summed E-state index contributed by atoms with van der Waals surface area (Å²) in [5.41, 5.74) is 5.29. The molecule has 4 rings (SSSR count). The number of anilines is 1. The van der Waals surface area contributed by atoms with E-state index in [1.165, 1.54) is 11.3 Å². The lowest BCUT2D eigenvalue weighted by Crippen LogP contribution is -2.25. The summed E-state index contributed by atoms with van der Waals surface area (Å²) in [6, 6.07) is 9.28. The number of fused-ring (bicyclic) bond motifs is 2. The number of hydrogen-bond acceptors (Lipinski definition) is 6. The van der Waals surface area contributed by atoms with E-state index in [1.54, 1.807) is 6.07 Å². The number of hydrogen-bond donors (Lipinski definition) is 4. The van der Waals surface area contributed by atoms with Gasteiger partial charge >= 0.3 is 5.97 Å². The molecule has 0 saturated heterocycles. The number of nitrogens with one attached hydrogen (secondary N) is 2. The van der Waals surface area contributed by atoms with Crippen molar-refractivity contribution in [1.82, 2.24) is 10.4 Å². The molecule has 1 aliphatic rings. The Labute approximate surface area is 178 Å². The number of nitrogens with zero attached hydrogens (tertiary/aromatic N) is 1. The molecule has 0 unspecified atom stereocenters. The lowest BCUT2D eigenvalue weighted by atomic mass is 9.76. The van der Waals surface area contributed by atoms with Crippen molar-refractivity contribution in [3.8, 4) is 0 Å². The van der Waals surface area contributed by atoms with Crippen LogP contribution < -0.4 is 16.6 Å². The van der Waals surface area contributed by atoms with Crippen LogP contribution in [0.1, 0.15) is 57.1 Å². The summed E-state index contributed by atoms with van der Waals surface area (Å²) in [6.07, 6.45) is 2.51. The number of thiophene rings is 1. The fourth-order valence-electron chi connectivity index (χ4n) is 3.99. The molecule has 0 aliphatic heterocycles. The molecular formula is C22H24N4O3S. The summed E-state index contributed by atoms with van der Waals surface area (Å²) in [4.78, 5) is 30.8. The van der Waals surface area contributed by atoms with Crippen LogP contribution in [0.3, 0.4) is 0 Å². The van der Waals surface area contributed by atoms with Crippen molar-refractivity contribution in [2.45, 2.75) is 39.7 Å². The van der Waals surface area contributed by atoms with Crippen LogP contribution in [0.25, 0.3) is 10.9 Å². The van der Waals surface area contributed by atoms with Gasteiger partial charge in [0.15, 0.2) is 0 Å². The average molecular weight is 425 g/mol. The minimum absolute atomic E-state index is 0.0434. The van der Waals surface area contributed by atoms with Gasteiger partial charge in [0.2, 0.25) is 0 Å². The van der Waals surface area contributed by atoms with Crippen LogP contribution in [-0.2, 0) is 19.4 Å². The largest absolute Gasteiger partial charge is 0.478 e. The van der Waals surface area contributed by atoms with E-state index in [0.717, 1.165) is 34.2 Å². The van der Waals surface area contributed by atoms with Crippen molar-refractivity contribution < 1.29 is 14.7 Å². The highest BCUT2D eigenvalue weighted by atomic mass is 32.1. The molecule has 1 aliphatic carbocycles. The molecule has 156 valence electrons. The maximum Gasteiger partial charge on any atom is 0.339 e. The third-order valence-corrected chi connectivity index (χ3v) is 6.74. The second-order valence-corrected chi connectivity index (χ2v) is 9.47. The molecule has 0 bridgehead atoms. The summed E-state index contributed by atoms with van der Waals surface area (Å²) in [6.45, 7) is 4.50. The molecule has 0 spiro atoms.